The Bertz CT molecular complexity index is 425. The third kappa shape index (κ3) is 2.13. The molecule has 98 valence electrons. The van der Waals surface area contributed by atoms with E-state index in [0.29, 0.717) is 18.6 Å². The minimum Gasteiger partial charge on any atom is -0.399 e. The van der Waals surface area contributed by atoms with Crippen LogP contribution < -0.4 is 5.73 Å². The van der Waals surface area contributed by atoms with Gasteiger partial charge in [0, 0.05) is 18.3 Å². The Balaban J connectivity index is 1.73. The summed E-state index contributed by atoms with van der Waals surface area (Å²) in [5.41, 5.74) is 9.65. The van der Waals surface area contributed by atoms with Crippen LogP contribution in [-0.4, -0.2) is 29.7 Å². The van der Waals surface area contributed by atoms with Crippen LogP contribution in [0.1, 0.15) is 36.4 Å². The number of likely N-dealkylation sites (tertiary alicyclic amines) is 1. The first-order valence-electron chi connectivity index (χ1n) is 7.01. The van der Waals surface area contributed by atoms with Gasteiger partial charge in [0.25, 0.3) is 0 Å². The SMILES string of the molecule is Nc1ccc2c(c1)CCC2N1CCC(CO)CC1. The molecule has 2 aliphatic rings. The largest absolute Gasteiger partial charge is 0.399 e. The molecule has 3 N–H and O–H groups in total. The van der Waals surface area contributed by atoms with Gasteiger partial charge in [-0.1, -0.05) is 6.07 Å². The Hall–Kier alpha value is -1.06. The molecule has 1 heterocycles. The average molecular weight is 246 g/mol. The number of hydrogen-bond donors (Lipinski definition) is 2. The van der Waals surface area contributed by atoms with Crippen molar-refractivity contribution in [3.05, 3.63) is 29.3 Å². The number of benzene rings is 1. The van der Waals surface area contributed by atoms with Crippen molar-refractivity contribution in [2.75, 3.05) is 25.4 Å². The number of fused-ring (bicyclic) bond motifs is 1. The van der Waals surface area contributed by atoms with Gasteiger partial charge in [-0.15, -0.1) is 0 Å². The third-order valence-corrected chi connectivity index (χ3v) is 4.56. The fourth-order valence-electron chi connectivity index (χ4n) is 3.44. The number of nitrogen functional groups attached to an aromatic ring is 1. The molecule has 1 atom stereocenters. The van der Waals surface area contributed by atoms with Crippen LogP contribution in [0.15, 0.2) is 18.2 Å². The predicted octanol–water partition coefficient (Wildman–Crippen LogP) is 1.96. The van der Waals surface area contributed by atoms with E-state index in [-0.39, 0.29) is 0 Å². The number of nitrogens with zero attached hydrogens (tertiary/aromatic N) is 1. The molecule has 1 aliphatic carbocycles. The summed E-state index contributed by atoms with van der Waals surface area (Å²) in [7, 11) is 0. The second-order valence-corrected chi connectivity index (χ2v) is 5.67. The van der Waals surface area contributed by atoms with Gasteiger partial charge in [0.15, 0.2) is 0 Å². The Labute approximate surface area is 109 Å². The van der Waals surface area contributed by atoms with Crippen molar-refractivity contribution < 1.29 is 5.11 Å². The van der Waals surface area contributed by atoms with E-state index in [1.54, 1.807) is 0 Å². The number of rotatable bonds is 2. The number of nitrogens with two attached hydrogens (primary N) is 1. The molecule has 1 saturated heterocycles. The van der Waals surface area contributed by atoms with Crippen LogP contribution in [0.5, 0.6) is 0 Å². The number of anilines is 1. The molecule has 18 heavy (non-hydrogen) atoms. The Kier molecular flexibility index (Phi) is 3.27. The molecule has 1 aromatic rings. The van der Waals surface area contributed by atoms with Crippen molar-refractivity contribution in [3.8, 4) is 0 Å². The van der Waals surface area contributed by atoms with Gasteiger partial charge < -0.3 is 10.8 Å². The van der Waals surface area contributed by atoms with E-state index in [2.05, 4.69) is 17.0 Å². The van der Waals surface area contributed by atoms with E-state index in [0.717, 1.165) is 38.0 Å². The summed E-state index contributed by atoms with van der Waals surface area (Å²) in [4.78, 5) is 2.59. The van der Waals surface area contributed by atoms with Crippen LogP contribution in [0.3, 0.4) is 0 Å². The molecule has 1 unspecified atom stereocenters. The van der Waals surface area contributed by atoms with Crippen LogP contribution in [0, 0.1) is 5.92 Å². The first-order valence-corrected chi connectivity index (χ1v) is 7.01. The maximum absolute atomic E-state index is 9.20. The molecule has 3 nitrogen and oxygen atoms in total. The van der Waals surface area contributed by atoms with Gasteiger partial charge in [0.1, 0.15) is 0 Å². The zero-order chi connectivity index (χ0) is 12.5. The van der Waals surface area contributed by atoms with E-state index >= 15 is 0 Å². The molecular weight excluding hydrogens is 224 g/mol. The molecule has 0 amide bonds. The minimum atomic E-state index is 0.353. The van der Waals surface area contributed by atoms with Crippen molar-refractivity contribution in [3.63, 3.8) is 0 Å². The van der Waals surface area contributed by atoms with Gasteiger partial charge in [-0.3, -0.25) is 4.90 Å². The van der Waals surface area contributed by atoms with Crippen LogP contribution in [0.4, 0.5) is 5.69 Å². The van der Waals surface area contributed by atoms with E-state index in [1.165, 1.54) is 17.5 Å². The van der Waals surface area contributed by atoms with Gasteiger partial charge in [-0.05, 0) is 68.0 Å². The average Bonchev–Trinajstić information content (AvgIpc) is 2.81. The highest BCUT2D eigenvalue weighted by atomic mass is 16.3. The molecule has 0 radical (unpaired) electrons. The lowest BCUT2D eigenvalue weighted by Gasteiger charge is -2.35. The Morgan fingerprint density at radius 2 is 2.00 bits per heavy atom. The quantitative estimate of drug-likeness (QED) is 0.784. The third-order valence-electron chi connectivity index (χ3n) is 4.56. The Morgan fingerprint density at radius 1 is 1.22 bits per heavy atom. The van der Waals surface area contributed by atoms with Gasteiger partial charge >= 0.3 is 0 Å². The van der Waals surface area contributed by atoms with Gasteiger partial charge in [0.2, 0.25) is 0 Å². The molecule has 0 spiro atoms. The summed E-state index contributed by atoms with van der Waals surface area (Å²) in [5, 5.41) is 9.20. The van der Waals surface area contributed by atoms with Crippen molar-refractivity contribution in [1.82, 2.24) is 4.90 Å². The number of piperidine rings is 1. The lowest BCUT2D eigenvalue weighted by atomic mass is 9.95. The molecule has 1 aliphatic heterocycles. The van der Waals surface area contributed by atoms with Crippen molar-refractivity contribution >= 4 is 5.69 Å². The highest BCUT2D eigenvalue weighted by Gasteiger charge is 2.30. The molecule has 1 fully saturated rings. The minimum absolute atomic E-state index is 0.353. The highest BCUT2D eigenvalue weighted by Crippen LogP contribution is 2.38. The van der Waals surface area contributed by atoms with E-state index in [4.69, 9.17) is 5.73 Å². The zero-order valence-corrected chi connectivity index (χ0v) is 10.8. The number of aliphatic hydroxyl groups excluding tert-OH is 1. The van der Waals surface area contributed by atoms with E-state index < -0.39 is 0 Å². The number of aliphatic hydroxyl groups is 1. The van der Waals surface area contributed by atoms with Gasteiger partial charge in [-0.25, -0.2) is 0 Å². The first-order chi connectivity index (χ1) is 8.78. The summed E-state index contributed by atoms with van der Waals surface area (Å²) in [6, 6.07) is 6.95. The van der Waals surface area contributed by atoms with Crippen LogP contribution in [-0.2, 0) is 6.42 Å². The molecular formula is C15H22N2O. The topological polar surface area (TPSA) is 49.5 Å². The normalized spacial score (nSPS) is 25.3. The smallest absolute Gasteiger partial charge is 0.0460 e. The van der Waals surface area contributed by atoms with Crippen molar-refractivity contribution in [2.45, 2.75) is 31.7 Å². The summed E-state index contributed by atoms with van der Waals surface area (Å²) in [6.45, 7) is 2.60. The standard InChI is InChI=1S/C15H22N2O/c16-13-2-3-14-12(9-13)1-4-15(14)17-7-5-11(10-18)6-8-17/h2-3,9,11,15,18H,1,4-8,10,16H2. The molecule has 3 rings (SSSR count). The van der Waals surface area contributed by atoms with Crippen LogP contribution in [0.2, 0.25) is 0 Å². The molecule has 3 heteroatoms. The fourth-order valence-corrected chi connectivity index (χ4v) is 3.44. The van der Waals surface area contributed by atoms with Gasteiger partial charge in [-0.2, -0.15) is 0 Å². The molecule has 0 saturated carbocycles. The van der Waals surface area contributed by atoms with E-state index in [1.807, 2.05) is 6.07 Å². The van der Waals surface area contributed by atoms with E-state index in [9.17, 15) is 5.11 Å². The highest BCUT2D eigenvalue weighted by molar-refractivity contribution is 5.47. The maximum atomic E-state index is 9.20. The summed E-state index contributed by atoms with van der Waals surface area (Å²) >= 11 is 0. The Morgan fingerprint density at radius 3 is 2.72 bits per heavy atom. The monoisotopic (exact) mass is 246 g/mol. The first kappa shape index (κ1) is 12.0. The predicted molar refractivity (Wildman–Crippen MR) is 73.3 cm³/mol. The second kappa shape index (κ2) is 4.90. The summed E-state index contributed by atoms with van der Waals surface area (Å²) in [5.74, 6) is 0.522. The molecule has 0 aromatic heterocycles. The number of aryl methyl sites for hydroxylation is 1. The number of hydrogen-bond acceptors (Lipinski definition) is 3. The maximum Gasteiger partial charge on any atom is 0.0460 e. The van der Waals surface area contributed by atoms with Crippen molar-refractivity contribution in [2.24, 2.45) is 5.92 Å². The van der Waals surface area contributed by atoms with Crippen molar-refractivity contribution in [1.29, 1.82) is 0 Å². The van der Waals surface area contributed by atoms with Crippen LogP contribution in [0.25, 0.3) is 0 Å². The van der Waals surface area contributed by atoms with Crippen LogP contribution >= 0.6 is 0 Å². The summed E-state index contributed by atoms with van der Waals surface area (Å²) in [6.07, 6.45) is 4.65. The zero-order valence-electron chi connectivity index (χ0n) is 10.8. The fraction of sp³-hybridized carbons (Fsp3) is 0.600. The molecule has 1 aromatic carbocycles. The second-order valence-electron chi connectivity index (χ2n) is 5.67. The molecule has 0 bridgehead atoms. The van der Waals surface area contributed by atoms with Gasteiger partial charge in [0.05, 0.1) is 0 Å². The lowest BCUT2D eigenvalue weighted by Crippen LogP contribution is -2.36. The lowest BCUT2D eigenvalue weighted by molar-refractivity contribution is 0.100. The summed E-state index contributed by atoms with van der Waals surface area (Å²) < 4.78 is 0.